The van der Waals surface area contributed by atoms with E-state index in [1.807, 2.05) is 30.3 Å². The van der Waals surface area contributed by atoms with E-state index < -0.39 is 6.10 Å². The molecular formula is C18H20ClNO3. The normalized spacial score (nSPS) is 12.0. The quantitative estimate of drug-likeness (QED) is 0.604. The summed E-state index contributed by atoms with van der Waals surface area (Å²) in [7, 11) is 1.37. The van der Waals surface area contributed by atoms with Gasteiger partial charge in [-0.05, 0) is 36.7 Å². The lowest BCUT2D eigenvalue weighted by atomic mass is 10.1. The van der Waals surface area contributed by atoms with Crippen molar-refractivity contribution in [3.8, 4) is 0 Å². The molecule has 5 heteroatoms. The van der Waals surface area contributed by atoms with E-state index in [2.05, 4.69) is 10.1 Å². The zero-order valence-electron chi connectivity index (χ0n) is 13.0. The summed E-state index contributed by atoms with van der Waals surface area (Å²) in [6, 6.07) is 14.6. The van der Waals surface area contributed by atoms with Gasteiger partial charge in [-0.3, -0.25) is 0 Å². The van der Waals surface area contributed by atoms with Gasteiger partial charge in [0.15, 0.2) is 0 Å². The van der Waals surface area contributed by atoms with E-state index in [0.717, 1.165) is 24.1 Å². The number of methoxy groups -OCH3 is 1. The van der Waals surface area contributed by atoms with Crippen LogP contribution in [-0.4, -0.2) is 31.3 Å². The Balaban J connectivity index is 1.77. The molecule has 0 aliphatic heterocycles. The Morgan fingerprint density at radius 1 is 1.22 bits per heavy atom. The summed E-state index contributed by atoms with van der Waals surface area (Å²) in [4.78, 5) is 11.3. The Kier molecular flexibility index (Phi) is 6.59. The average molecular weight is 334 g/mol. The molecule has 23 heavy (non-hydrogen) atoms. The predicted octanol–water partition coefficient (Wildman–Crippen LogP) is 2.99. The van der Waals surface area contributed by atoms with Crippen molar-refractivity contribution in [1.29, 1.82) is 0 Å². The highest BCUT2D eigenvalue weighted by molar-refractivity contribution is 6.31. The van der Waals surface area contributed by atoms with Gasteiger partial charge in [0.25, 0.3) is 0 Å². The number of benzene rings is 2. The van der Waals surface area contributed by atoms with Crippen LogP contribution in [-0.2, 0) is 11.2 Å². The highest BCUT2D eigenvalue weighted by Crippen LogP contribution is 2.21. The van der Waals surface area contributed by atoms with Crippen molar-refractivity contribution < 1.29 is 14.6 Å². The van der Waals surface area contributed by atoms with Crippen LogP contribution in [0.2, 0.25) is 5.02 Å². The fourth-order valence-electron chi connectivity index (χ4n) is 2.25. The van der Waals surface area contributed by atoms with Crippen LogP contribution in [0.15, 0.2) is 48.5 Å². The van der Waals surface area contributed by atoms with E-state index in [1.54, 1.807) is 18.2 Å². The zero-order chi connectivity index (χ0) is 16.7. The summed E-state index contributed by atoms with van der Waals surface area (Å²) in [5.41, 5.74) is 2.37. The monoisotopic (exact) mass is 333 g/mol. The fraction of sp³-hybridized carbons (Fsp3) is 0.278. The second kappa shape index (κ2) is 8.67. The summed E-state index contributed by atoms with van der Waals surface area (Å²) in [5, 5.41) is 13.9. The maximum atomic E-state index is 11.3. The number of aliphatic hydroxyl groups excluding tert-OH is 1. The first-order valence-electron chi connectivity index (χ1n) is 7.42. The minimum atomic E-state index is -0.634. The van der Waals surface area contributed by atoms with Gasteiger partial charge < -0.3 is 15.2 Å². The smallest absolute Gasteiger partial charge is 0.337 e. The Morgan fingerprint density at radius 2 is 1.91 bits per heavy atom. The number of aliphatic hydroxyl groups is 1. The minimum Gasteiger partial charge on any atom is -0.465 e. The van der Waals surface area contributed by atoms with E-state index in [9.17, 15) is 9.90 Å². The average Bonchev–Trinajstić information content (AvgIpc) is 2.58. The number of carbonyl (C=O) groups excluding carboxylic acids is 1. The maximum absolute atomic E-state index is 11.3. The van der Waals surface area contributed by atoms with Gasteiger partial charge in [-0.25, -0.2) is 4.79 Å². The number of ether oxygens (including phenoxy) is 1. The molecule has 0 spiro atoms. The molecule has 1 unspecified atom stereocenters. The summed E-state index contributed by atoms with van der Waals surface area (Å²) in [6.45, 7) is 1.16. The molecule has 0 amide bonds. The van der Waals surface area contributed by atoms with Crippen molar-refractivity contribution >= 4 is 17.6 Å². The minimum absolute atomic E-state index is 0.336. The molecule has 0 aliphatic rings. The van der Waals surface area contributed by atoms with E-state index in [1.165, 1.54) is 7.11 Å². The molecule has 0 saturated heterocycles. The number of esters is 1. The van der Waals surface area contributed by atoms with Crippen LogP contribution in [0.5, 0.6) is 0 Å². The van der Waals surface area contributed by atoms with Crippen molar-refractivity contribution in [2.45, 2.75) is 12.5 Å². The largest absolute Gasteiger partial charge is 0.465 e. The third kappa shape index (κ3) is 5.06. The van der Waals surface area contributed by atoms with E-state index in [-0.39, 0.29) is 5.97 Å². The summed E-state index contributed by atoms with van der Waals surface area (Å²) in [6.07, 6.45) is 0.168. The Hall–Kier alpha value is -1.88. The molecule has 0 bridgehead atoms. The zero-order valence-corrected chi connectivity index (χ0v) is 13.7. The van der Waals surface area contributed by atoms with Gasteiger partial charge in [0.2, 0.25) is 0 Å². The van der Waals surface area contributed by atoms with Crippen LogP contribution >= 0.6 is 11.6 Å². The third-order valence-electron chi connectivity index (χ3n) is 3.57. The first kappa shape index (κ1) is 17.5. The van der Waals surface area contributed by atoms with Gasteiger partial charge in [0, 0.05) is 17.1 Å². The number of rotatable bonds is 7. The van der Waals surface area contributed by atoms with Gasteiger partial charge >= 0.3 is 5.97 Å². The molecule has 2 aromatic rings. The summed E-state index contributed by atoms with van der Waals surface area (Å²) >= 11 is 6.05. The van der Waals surface area contributed by atoms with Crippen molar-refractivity contribution in [2.75, 3.05) is 20.2 Å². The SMILES string of the molecule is COC(=O)c1ccc(CCNCC(O)c2ccccc2Cl)cc1. The fourth-order valence-corrected chi connectivity index (χ4v) is 2.51. The molecule has 0 radical (unpaired) electrons. The van der Waals surface area contributed by atoms with Crippen LogP contribution in [0.1, 0.15) is 27.6 Å². The predicted molar refractivity (Wildman–Crippen MR) is 90.8 cm³/mol. The van der Waals surface area contributed by atoms with Crippen LogP contribution in [0.3, 0.4) is 0 Å². The van der Waals surface area contributed by atoms with Gasteiger partial charge in [-0.1, -0.05) is 41.9 Å². The first-order chi connectivity index (χ1) is 11.1. The topological polar surface area (TPSA) is 58.6 Å². The number of hydrogen-bond acceptors (Lipinski definition) is 4. The first-order valence-corrected chi connectivity index (χ1v) is 7.80. The molecule has 122 valence electrons. The van der Waals surface area contributed by atoms with Crippen LogP contribution < -0.4 is 5.32 Å². The van der Waals surface area contributed by atoms with E-state index >= 15 is 0 Å². The Bertz CT molecular complexity index is 643. The lowest BCUT2D eigenvalue weighted by molar-refractivity contribution is 0.0600. The molecule has 2 rings (SSSR count). The number of carbonyl (C=O) groups is 1. The van der Waals surface area contributed by atoms with Gasteiger partial charge in [-0.15, -0.1) is 0 Å². The molecule has 1 atom stereocenters. The summed E-state index contributed by atoms with van der Waals surface area (Å²) in [5.74, 6) is -0.336. The molecule has 2 N–H and O–H groups in total. The number of nitrogens with one attached hydrogen (secondary N) is 1. The van der Waals surface area contributed by atoms with Gasteiger partial charge in [-0.2, -0.15) is 0 Å². The third-order valence-corrected chi connectivity index (χ3v) is 3.91. The van der Waals surface area contributed by atoms with E-state index in [0.29, 0.717) is 17.1 Å². The van der Waals surface area contributed by atoms with Crippen molar-refractivity contribution in [1.82, 2.24) is 5.32 Å². The van der Waals surface area contributed by atoms with Crippen molar-refractivity contribution in [3.63, 3.8) is 0 Å². The van der Waals surface area contributed by atoms with Crippen LogP contribution in [0.25, 0.3) is 0 Å². The molecule has 0 heterocycles. The second-order valence-corrected chi connectivity index (χ2v) is 5.59. The molecule has 0 fully saturated rings. The molecular weight excluding hydrogens is 314 g/mol. The highest BCUT2D eigenvalue weighted by Gasteiger charge is 2.10. The summed E-state index contributed by atoms with van der Waals surface area (Å²) < 4.78 is 4.66. The molecule has 0 aliphatic carbocycles. The Morgan fingerprint density at radius 3 is 2.57 bits per heavy atom. The molecule has 0 saturated carbocycles. The number of halogens is 1. The lowest BCUT2D eigenvalue weighted by Crippen LogP contribution is -2.24. The highest BCUT2D eigenvalue weighted by atomic mass is 35.5. The maximum Gasteiger partial charge on any atom is 0.337 e. The Labute approximate surface area is 141 Å². The molecule has 4 nitrogen and oxygen atoms in total. The second-order valence-electron chi connectivity index (χ2n) is 5.18. The lowest BCUT2D eigenvalue weighted by Gasteiger charge is -2.13. The number of hydrogen-bond donors (Lipinski definition) is 2. The van der Waals surface area contributed by atoms with Gasteiger partial charge in [0.05, 0.1) is 18.8 Å². The van der Waals surface area contributed by atoms with Crippen molar-refractivity contribution in [3.05, 3.63) is 70.2 Å². The van der Waals surface area contributed by atoms with Crippen LogP contribution in [0, 0.1) is 0 Å². The van der Waals surface area contributed by atoms with Crippen LogP contribution in [0.4, 0.5) is 0 Å². The molecule has 0 aromatic heterocycles. The van der Waals surface area contributed by atoms with Gasteiger partial charge in [0.1, 0.15) is 0 Å². The molecule has 2 aromatic carbocycles. The van der Waals surface area contributed by atoms with E-state index in [4.69, 9.17) is 11.6 Å². The standard InChI is InChI=1S/C18H20ClNO3/c1-23-18(22)14-8-6-13(7-9-14)10-11-20-12-17(21)15-4-2-3-5-16(15)19/h2-9,17,20-21H,10-12H2,1H3. The van der Waals surface area contributed by atoms with Crippen molar-refractivity contribution in [2.24, 2.45) is 0 Å².